The van der Waals surface area contributed by atoms with E-state index in [0.717, 1.165) is 39.0 Å². The number of fused-ring (bicyclic) bond motifs is 1. The molecule has 2 aliphatic rings. The lowest BCUT2D eigenvalue weighted by atomic mass is 9.99. The molecular formula is C19H25N3O3. The first-order valence-corrected chi connectivity index (χ1v) is 9.11. The topological polar surface area (TPSA) is 60.6 Å². The van der Waals surface area contributed by atoms with Crippen molar-refractivity contribution < 1.29 is 14.0 Å². The van der Waals surface area contributed by atoms with Gasteiger partial charge in [0.1, 0.15) is 6.10 Å². The number of likely N-dealkylation sites (tertiary alicyclic amines) is 1. The van der Waals surface area contributed by atoms with Crippen molar-refractivity contribution in [1.29, 1.82) is 0 Å². The first kappa shape index (κ1) is 16.7. The third-order valence-electron chi connectivity index (χ3n) is 5.12. The smallest absolute Gasteiger partial charge is 0.255 e. The molecule has 25 heavy (non-hydrogen) atoms. The standard InChI is InChI=1S/C19H25N3O3/c1-14-20-19(25-21-14)18-8-7-16-17(24-18)9-10-22(16)11-12-23-13-15-5-3-2-4-6-15/h2-6,16-18H,7-13H2,1H3/t16-,17-,18-/m0/s1. The van der Waals surface area contributed by atoms with E-state index in [1.807, 2.05) is 25.1 Å². The van der Waals surface area contributed by atoms with E-state index < -0.39 is 0 Å². The number of ether oxygens (including phenoxy) is 2. The maximum absolute atomic E-state index is 6.24. The van der Waals surface area contributed by atoms with Gasteiger partial charge in [0.05, 0.1) is 19.3 Å². The zero-order valence-electron chi connectivity index (χ0n) is 14.6. The molecule has 1 aromatic heterocycles. The summed E-state index contributed by atoms with van der Waals surface area (Å²) in [7, 11) is 0. The van der Waals surface area contributed by atoms with Crippen molar-refractivity contribution in [2.45, 2.75) is 51.0 Å². The molecule has 2 aliphatic heterocycles. The van der Waals surface area contributed by atoms with Crippen LogP contribution in [0.15, 0.2) is 34.9 Å². The van der Waals surface area contributed by atoms with E-state index >= 15 is 0 Å². The third-order valence-corrected chi connectivity index (χ3v) is 5.12. The molecular weight excluding hydrogens is 318 g/mol. The van der Waals surface area contributed by atoms with E-state index in [1.165, 1.54) is 5.56 Å². The van der Waals surface area contributed by atoms with Crippen LogP contribution in [0, 0.1) is 6.92 Å². The summed E-state index contributed by atoms with van der Waals surface area (Å²) in [5.74, 6) is 1.30. The lowest BCUT2D eigenvalue weighted by molar-refractivity contribution is -0.0840. The summed E-state index contributed by atoms with van der Waals surface area (Å²) < 4.78 is 17.4. The van der Waals surface area contributed by atoms with Crippen LogP contribution in [0.5, 0.6) is 0 Å². The van der Waals surface area contributed by atoms with Crippen molar-refractivity contribution in [1.82, 2.24) is 15.0 Å². The second kappa shape index (κ2) is 7.64. The molecule has 0 radical (unpaired) electrons. The van der Waals surface area contributed by atoms with Crippen LogP contribution in [-0.4, -0.2) is 46.9 Å². The van der Waals surface area contributed by atoms with Crippen molar-refractivity contribution in [3.05, 3.63) is 47.6 Å². The van der Waals surface area contributed by atoms with Crippen molar-refractivity contribution in [2.75, 3.05) is 19.7 Å². The average molecular weight is 343 g/mol. The molecule has 6 nitrogen and oxygen atoms in total. The Bertz CT molecular complexity index is 676. The molecule has 2 saturated heterocycles. The molecule has 3 heterocycles. The van der Waals surface area contributed by atoms with Crippen molar-refractivity contribution in [3.8, 4) is 0 Å². The molecule has 0 aliphatic carbocycles. The molecule has 0 spiro atoms. The van der Waals surface area contributed by atoms with Crippen molar-refractivity contribution in [2.24, 2.45) is 0 Å². The molecule has 0 amide bonds. The SMILES string of the molecule is Cc1noc([C@@H]2CC[C@H]3[C@H](CCN3CCOCc3ccccc3)O2)n1. The quantitative estimate of drug-likeness (QED) is 0.752. The Kier molecular flexibility index (Phi) is 5.10. The van der Waals surface area contributed by atoms with Gasteiger partial charge in [-0.3, -0.25) is 4.90 Å². The zero-order chi connectivity index (χ0) is 17.1. The zero-order valence-corrected chi connectivity index (χ0v) is 14.6. The summed E-state index contributed by atoms with van der Waals surface area (Å²) in [6, 6.07) is 10.8. The molecule has 0 N–H and O–H groups in total. The highest BCUT2D eigenvalue weighted by Gasteiger charge is 2.41. The van der Waals surface area contributed by atoms with Crippen LogP contribution in [0.1, 0.15) is 42.6 Å². The van der Waals surface area contributed by atoms with E-state index in [9.17, 15) is 0 Å². The van der Waals surface area contributed by atoms with Gasteiger partial charge in [-0.15, -0.1) is 0 Å². The molecule has 0 unspecified atom stereocenters. The Morgan fingerprint density at radius 2 is 2.08 bits per heavy atom. The highest BCUT2D eigenvalue weighted by atomic mass is 16.5. The summed E-state index contributed by atoms with van der Waals surface area (Å²) in [6.45, 7) is 5.30. The van der Waals surface area contributed by atoms with Gasteiger partial charge in [0.2, 0.25) is 0 Å². The van der Waals surface area contributed by atoms with E-state index in [4.69, 9.17) is 14.0 Å². The van der Waals surface area contributed by atoms with Crippen LogP contribution < -0.4 is 0 Å². The summed E-state index contributed by atoms with van der Waals surface area (Å²) >= 11 is 0. The minimum atomic E-state index is -0.0447. The molecule has 134 valence electrons. The number of hydrogen-bond donors (Lipinski definition) is 0. The molecule has 6 heteroatoms. The minimum Gasteiger partial charge on any atom is -0.375 e. The third kappa shape index (κ3) is 3.92. The van der Waals surface area contributed by atoms with Crippen molar-refractivity contribution >= 4 is 0 Å². The fourth-order valence-electron chi connectivity index (χ4n) is 3.86. The van der Waals surface area contributed by atoms with Crippen LogP contribution >= 0.6 is 0 Å². The van der Waals surface area contributed by atoms with Crippen LogP contribution in [0.2, 0.25) is 0 Å². The first-order chi connectivity index (χ1) is 12.3. The predicted octanol–water partition coefficient (Wildman–Crippen LogP) is 2.89. The van der Waals surface area contributed by atoms with Gasteiger partial charge in [-0.05, 0) is 31.7 Å². The Balaban J connectivity index is 1.23. The van der Waals surface area contributed by atoms with E-state index in [2.05, 4.69) is 27.2 Å². The van der Waals surface area contributed by atoms with Gasteiger partial charge >= 0.3 is 0 Å². The molecule has 2 fully saturated rings. The van der Waals surface area contributed by atoms with Crippen LogP contribution in [0.4, 0.5) is 0 Å². The number of aryl methyl sites for hydroxylation is 1. The van der Waals surface area contributed by atoms with Crippen molar-refractivity contribution in [3.63, 3.8) is 0 Å². The fourth-order valence-corrected chi connectivity index (χ4v) is 3.86. The van der Waals surface area contributed by atoms with Gasteiger partial charge in [0.25, 0.3) is 5.89 Å². The van der Waals surface area contributed by atoms with Gasteiger partial charge in [-0.2, -0.15) is 4.98 Å². The van der Waals surface area contributed by atoms with E-state index in [-0.39, 0.29) is 12.2 Å². The summed E-state index contributed by atoms with van der Waals surface area (Å²) in [5, 5.41) is 3.87. The summed E-state index contributed by atoms with van der Waals surface area (Å²) in [5.41, 5.74) is 1.22. The lowest BCUT2D eigenvalue weighted by Gasteiger charge is -2.34. The molecule has 4 rings (SSSR count). The van der Waals surface area contributed by atoms with Gasteiger partial charge in [0.15, 0.2) is 5.82 Å². The maximum atomic E-state index is 6.24. The molecule has 0 bridgehead atoms. The van der Waals surface area contributed by atoms with Crippen LogP contribution in [0.3, 0.4) is 0 Å². The normalized spacial score (nSPS) is 26.7. The van der Waals surface area contributed by atoms with Gasteiger partial charge < -0.3 is 14.0 Å². The average Bonchev–Trinajstić information content (AvgIpc) is 3.25. The van der Waals surface area contributed by atoms with E-state index in [1.54, 1.807) is 0 Å². The van der Waals surface area contributed by atoms with Gasteiger partial charge in [0, 0.05) is 19.1 Å². The Hall–Kier alpha value is -1.76. The number of benzene rings is 1. The first-order valence-electron chi connectivity index (χ1n) is 9.11. The number of rotatable bonds is 6. The number of aromatic nitrogens is 2. The molecule has 2 aromatic rings. The predicted molar refractivity (Wildman–Crippen MR) is 92.0 cm³/mol. The highest BCUT2D eigenvalue weighted by molar-refractivity contribution is 5.13. The summed E-state index contributed by atoms with van der Waals surface area (Å²) in [6.07, 6.45) is 3.32. The Morgan fingerprint density at radius 1 is 1.20 bits per heavy atom. The largest absolute Gasteiger partial charge is 0.375 e. The maximum Gasteiger partial charge on any atom is 0.255 e. The molecule has 3 atom stereocenters. The molecule has 1 aromatic carbocycles. The Labute approximate surface area is 148 Å². The Morgan fingerprint density at radius 3 is 2.88 bits per heavy atom. The second-order valence-electron chi connectivity index (χ2n) is 6.85. The number of hydrogen-bond acceptors (Lipinski definition) is 6. The fraction of sp³-hybridized carbons (Fsp3) is 0.579. The van der Waals surface area contributed by atoms with Gasteiger partial charge in [-0.25, -0.2) is 0 Å². The van der Waals surface area contributed by atoms with Crippen LogP contribution in [0.25, 0.3) is 0 Å². The lowest BCUT2D eigenvalue weighted by Crippen LogP contribution is -2.41. The second-order valence-corrected chi connectivity index (χ2v) is 6.85. The van der Waals surface area contributed by atoms with Crippen LogP contribution in [-0.2, 0) is 16.1 Å². The summed E-state index contributed by atoms with van der Waals surface area (Å²) in [4.78, 5) is 6.83. The highest BCUT2D eigenvalue weighted by Crippen LogP contribution is 2.37. The van der Waals surface area contributed by atoms with Gasteiger partial charge in [-0.1, -0.05) is 35.5 Å². The molecule has 0 saturated carbocycles. The minimum absolute atomic E-state index is 0.0447. The van der Waals surface area contributed by atoms with E-state index in [0.29, 0.717) is 24.4 Å². The monoisotopic (exact) mass is 343 g/mol. The number of nitrogens with zero attached hydrogens (tertiary/aromatic N) is 3.